The van der Waals surface area contributed by atoms with Gasteiger partial charge < -0.3 is 9.47 Å². The molecule has 1 aromatic heterocycles. The third-order valence-electron chi connectivity index (χ3n) is 2.47. The van der Waals surface area contributed by atoms with Crippen molar-refractivity contribution in [2.75, 3.05) is 13.7 Å². The van der Waals surface area contributed by atoms with E-state index in [2.05, 4.69) is 4.98 Å². The molecule has 0 bridgehead atoms. The molecule has 1 aromatic carbocycles. The van der Waals surface area contributed by atoms with Gasteiger partial charge in [0.2, 0.25) is 0 Å². The molecule has 0 aliphatic carbocycles. The number of nitrogens with zero attached hydrogens (tertiary/aromatic N) is 1. The summed E-state index contributed by atoms with van der Waals surface area (Å²) in [6.07, 6.45) is 0. The van der Waals surface area contributed by atoms with Gasteiger partial charge >= 0.3 is 5.97 Å². The van der Waals surface area contributed by atoms with E-state index in [0.29, 0.717) is 17.9 Å². The van der Waals surface area contributed by atoms with Crippen LogP contribution in [0.4, 0.5) is 0 Å². The Labute approximate surface area is 109 Å². The molecular weight excluding hydrogens is 254 g/mol. The molecule has 0 unspecified atom stereocenters. The fraction of sp³-hybridized carbons (Fsp3) is 0.231. The molecule has 18 heavy (non-hydrogen) atoms. The van der Waals surface area contributed by atoms with Gasteiger partial charge in [-0.05, 0) is 31.2 Å². The van der Waals surface area contributed by atoms with E-state index >= 15 is 0 Å². The van der Waals surface area contributed by atoms with Crippen LogP contribution in [0.3, 0.4) is 0 Å². The van der Waals surface area contributed by atoms with E-state index in [1.165, 1.54) is 0 Å². The van der Waals surface area contributed by atoms with Crippen LogP contribution in [-0.4, -0.2) is 24.7 Å². The van der Waals surface area contributed by atoms with Crippen molar-refractivity contribution >= 4 is 28.5 Å². The van der Waals surface area contributed by atoms with Crippen molar-refractivity contribution in [2.24, 2.45) is 0 Å². The van der Waals surface area contributed by atoms with Crippen LogP contribution in [0.15, 0.2) is 24.3 Å². The first-order valence-corrected chi connectivity index (χ1v) is 5.85. The molecule has 0 fully saturated rings. The molecule has 5 heteroatoms. The van der Waals surface area contributed by atoms with Gasteiger partial charge in [0.15, 0.2) is 0 Å². The van der Waals surface area contributed by atoms with E-state index in [-0.39, 0.29) is 10.7 Å². The summed E-state index contributed by atoms with van der Waals surface area (Å²) in [6.45, 7) is 2.04. The summed E-state index contributed by atoms with van der Waals surface area (Å²) in [5, 5.41) is 0.924. The van der Waals surface area contributed by atoms with Crippen LogP contribution in [0.2, 0.25) is 5.15 Å². The van der Waals surface area contributed by atoms with Crippen molar-refractivity contribution in [1.82, 2.24) is 4.98 Å². The molecule has 0 radical (unpaired) electrons. The standard InChI is InChI=1S/C13H12ClNO3/c1-3-18-13(16)10-7-8-6-9(17-2)4-5-11(8)15-12(10)14/h4-7H,3H2,1-2H3. The van der Waals surface area contributed by atoms with Crippen LogP contribution < -0.4 is 4.74 Å². The molecule has 2 aromatic rings. The number of carbonyl (C=O) groups excluding carboxylic acids is 1. The smallest absolute Gasteiger partial charge is 0.341 e. The first kappa shape index (κ1) is 12.6. The fourth-order valence-corrected chi connectivity index (χ4v) is 1.83. The first-order chi connectivity index (χ1) is 8.65. The van der Waals surface area contributed by atoms with E-state index in [9.17, 15) is 4.79 Å². The molecular formula is C13H12ClNO3. The highest BCUT2D eigenvalue weighted by Crippen LogP contribution is 2.24. The van der Waals surface area contributed by atoms with Gasteiger partial charge in [0.1, 0.15) is 10.9 Å². The second-order valence-electron chi connectivity index (χ2n) is 3.61. The molecule has 0 aliphatic rings. The second-order valence-corrected chi connectivity index (χ2v) is 3.96. The highest BCUT2D eigenvalue weighted by molar-refractivity contribution is 6.33. The van der Waals surface area contributed by atoms with E-state index in [4.69, 9.17) is 21.1 Å². The number of hydrogen-bond acceptors (Lipinski definition) is 4. The average Bonchev–Trinajstić information content (AvgIpc) is 2.37. The van der Waals surface area contributed by atoms with E-state index in [1.54, 1.807) is 38.3 Å². The maximum atomic E-state index is 11.7. The average molecular weight is 266 g/mol. The van der Waals surface area contributed by atoms with E-state index in [1.807, 2.05) is 0 Å². The maximum Gasteiger partial charge on any atom is 0.341 e. The minimum Gasteiger partial charge on any atom is -0.497 e. The third kappa shape index (κ3) is 2.38. The number of esters is 1. The molecule has 4 nitrogen and oxygen atoms in total. The molecule has 0 saturated heterocycles. The molecule has 0 N–H and O–H groups in total. The maximum absolute atomic E-state index is 11.7. The summed E-state index contributed by atoms with van der Waals surface area (Å²) in [5.41, 5.74) is 0.966. The van der Waals surface area contributed by atoms with Crippen LogP contribution >= 0.6 is 11.6 Å². The number of rotatable bonds is 3. The number of aromatic nitrogens is 1. The van der Waals surface area contributed by atoms with Gasteiger partial charge in [-0.1, -0.05) is 11.6 Å². The summed E-state index contributed by atoms with van der Waals surface area (Å²) in [6, 6.07) is 7.03. The van der Waals surface area contributed by atoms with E-state index < -0.39 is 5.97 Å². The van der Waals surface area contributed by atoms with Crippen LogP contribution in [0.5, 0.6) is 5.75 Å². The van der Waals surface area contributed by atoms with Crippen molar-refractivity contribution in [3.8, 4) is 5.75 Å². The Balaban J connectivity index is 2.54. The number of benzene rings is 1. The monoisotopic (exact) mass is 265 g/mol. The third-order valence-corrected chi connectivity index (χ3v) is 2.76. The fourth-order valence-electron chi connectivity index (χ4n) is 1.61. The number of pyridine rings is 1. The van der Waals surface area contributed by atoms with Crippen molar-refractivity contribution in [1.29, 1.82) is 0 Å². The van der Waals surface area contributed by atoms with Gasteiger partial charge in [0.25, 0.3) is 0 Å². The highest BCUT2D eigenvalue weighted by Gasteiger charge is 2.14. The number of fused-ring (bicyclic) bond motifs is 1. The van der Waals surface area contributed by atoms with Crippen molar-refractivity contribution in [2.45, 2.75) is 6.92 Å². The van der Waals surface area contributed by atoms with Gasteiger partial charge in [0.05, 0.1) is 24.8 Å². The lowest BCUT2D eigenvalue weighted by Crippen LogP contribution is -2.06. The molecule has 0 saturated carbocycles. The zero-order chi connectivity index (χ0) is 13.1. The molecule has 2 rings (SSSR count). The Kier molecular flexibility index (Phi) is 3.67. The SMILES string of the molecule is CCOC(=O)c1cc2cc(OC)ccc2nc1Cl. The molecule has 94 valence electrons. The zero-order valence-corrected chi connectivity index (χ0v) is 10.8. The summed E-state index contributed by atoms with van der Waals surface area (Å²) >= 11 is 5.96. The van der Waals surface area contributed by atoms with E-state index in [0.717, 1.165) is 5.39 Å². The lowest BCUT2D eigenvalue weighted by molar-refractivity contribution is 0.0526. The minimum absolute atomic E-state index is 0.145. The summed E-state index contributed by atoms with van der Waals surface area (Å²) in [7, 11) is 1.58. The number of halogens is 1. The van der Waals surface area contributed by atoms with Crippen molar-refractivity contribution < 1.29 is 14.3 Å². The second kappa shape index (κ2) is 5.23. The molecule has 0 aliphatic heterocycles. The van der Waals surface area contributed by atoms with Gasteiger partial charge in [-0.15, -0.1) is 0 Å². The molecule has 0 amide bonds. The molecule has 0 spiro atoms. The number of carbonyl (C=O) groups is 1. The zero-order valence-electron chi connectivity index (χ0n) is 10.1. The largest absolute Gasteiger partial charge is 0.497 e. The number of methoxy groups -OCH3 is 1. The van der Waals surface area contributed by atoms with Crippen LogP contribution in [0.1, 0.15) is 17.3 Å². The minimum atomic E-state index is -0.472. The number of ether oxygens (including phenoxy) is 2. The Hall–Kier alpha value is -1.81. The topological polar surface area (TPSA) is 48.4 Å². The summed E-state index contributed by atoms with van der Waals surface area (Å²) in [5.74, 6) is 0.223. The van der Waals surface area contributed by atoms with Crippen molar-refractivity contribution in [3.63, 3.8) is 0 Å². The first-order valence-electron chi connectivity index (χ1n) is 5.47. The van der Waals surface area contributed by atoms with Crippen LogP contribution in [0, 0.1) is 0 Å². The Bertz CT molecular complexity index is 598. The van der Waals surface area contributed by atoms with Gasteiger partial charge in [0, 0.05) is 5.39 Å². The Morgan fingerprint density at radius 1 is 1.39 bits per heavy atom. The van der Waals surface area contributed by atoms with Gasteiger partial charge in [-0.3, -0.25) is 0 Å². The van der Waals surface area contributed by atoms with Gasteiger partial charge in [-0.25, -0.2) is 9.78 Å². The normalized spacial score (nSPS) is 10.4. The van der Waals surface area contributed by atoms with Crippen molar-refractivity contribution in [3.05, 3.63) is 35.0 Å². The number of hydrogen-bond donors (Lipinski definition) is 0. The summed E-state index contributed by atoms with van der Waals surface area (Å²) < 4.78 is 10.0. The van der Waals surface area contributed by atoms with Gasteiger partial charge in [-0.2, -0.15) is 0 Å². The predicted octanol–water partition coefficient (Wildman–Crippen LogP) is 3.07. The highest BCUT2D eigenvalue weighted by atomic mass is 35.5. The van der Waals surface area contributed by atoms with Crippen LogP contribution in [-0.2, 0) is 4.74 Å². The quantitative estimate of drug-likeness (QED) is 0.632. The Morgan fingerprint density at radius 2 is 2.17 bits per heavy atom. The van der Waals surface area contributed by atoms with Crippen LogP contribution in [0.25, 0.3) is 10.9 Å². The predicted molar refractivity (Wildman–Crippen MR) is 69.3 cm³/mol. The Morgan fingerprint density at radius 3 is 2.83 bits per heavy atom. The molecule has 1 heterocycles. The lowest BCUT2D eigenvalue weighted by Gasteiger charge is -2.06. The molecule has 0 atom stereocenters. The lowest BCUT2D eigenvalue weighted by atomic mass is 10.1. The summed E-state index contributed by atoms with van der Waals surface area (Å²) in [4.78, 5) is 15.8.